The molecule has 0 bridgehead atoms. The second-order valence-electron chi connectivity index (χ2n) is 9.62. The summed E-state index contributed by atoms with van der Waals surface area (Å²) in [5, 5.41) is 2.81. The maximum absolute atomic E-state index is 15.5. The molecule has 4 aromatic rings. The summed E-state index contributed by atoms with van der Waals surface area (Å²) in [5.74, 6) is -0.644. The van der Waals surface area contributed by atoms with Gasteiger partial charge in [0.1, 0.15) is 11.9 Å². The van der Waals surface area contributed by atoms with Crippen LogP contribution in [-0.2, 0) is 26.1 Å². The Morgan fingerprint density at radius 2 is 1.74 bits per heavy atom. The summed E-state index contributed by atoms with van der Waals surface area (Å²) in [5.41, 5.74) is 4.25. The number of aromatic nitrogens is 1. The summed E-state index contributed by atoms with van der Waals surface area (Å²) in [4.78, 5) is 25.5. The predicted octanol–water partition coefficient (Wildman–Crippen LogP) is 7.69. The molecule has 1 heterocycles. The fourth-order valence-corrected chi connectivity index (χ4v) is 5.70. The summed E-state index contributed by atoms with van der Waals surface area (Å²) in [6.45, 7) is 3.73. The maximum Gasteiger partial charge on any atom is 0.412 e. The molecular formula is C31H29FN2O4S. The molecular weight excluding hydrogens is 515 g/mol. The van der Waals surface area contributed by atoms with Crippen LogP contribution in [0.25, 0.3) is 21.6 Å². The van der Waals surface area contributed by atoms with E-state index in [4.69, 9.17) is 9.47 Å². The topological polar surface area (TPSA) is 77.5 Å². The number of methoxy groups -OCH3 is 1. The summed E-state index contributed by atoms with van der Waals surface area (Å²) in [6, 6.07) is 22.1. The maximum atomic E-state index is 15.5. The normalized spacial score (nSPS) is 14.4. The van der Waals surface area contributed by atoms with Crippen LogP contribution in [0.5, 0.6) is 0 Å². The molecule has 1 fully saturated rings. The molecule has 8 heteroatoms. The van der Waals surface area contributed by atoms with Gasteiger partial charge in [-0.15, -0.1) is 0 Å². The number of rotatable bonds is 8. The standard InChI is InChI=1S/C31H29FN2O4S/c1-4-26-27(33-30(36)38-19(2)20-8-6-5-7-9-20)28(39-34-26)24-15-12-22(18-25(24)32)21-10-13-23(14-11-21)31(16-17-31)29(35)37-3/h5-15,18-19H,4,16-17H2,1-3H3,(H,33,36)/t19-/m1/s1. The van der Waals surface area contributed by atoms with Crippen LogP contribution in [0.2, 0.25) is 0 Å². The van der Waals surface area contributed by atoms with Gasteiger partial charge >= 0.3 is 12.1 Å². The Bertz CT molecular complexity index is 1500. The van der Waals surface area contributed by atoms with Gasteiger partial charge in [0, 0.05) is 5.56 Å². The van der Waals surface area contributed by atoms with Crippen LogP contribution in [0.15, 0.2) is 72.8 Å². The number of halogens is 1. The largest absolute Gasteiger partial charge is 0.468 e. The molecule has 200 valence electrons. The molecule has 0 saturated heterocycles. The van der Waals surface area contributed by atoms with Crippen LogP contribution < -0.4 is 5.32 Å². The van der Waals surface area contributed by atoms with Crippen molar-refractivity contribution in [2.75, 3.05) is 12.4 Å². The molecule has 1 aliphatic carbocycles. The lowest BCUT2D eigenvalue weighted by molar-refractivity contribution is -0.143. The molecule has 0 radical (unpaired) electrons. The number of anilines is 1. The van der Waals surface area contributed by atoms with Crippen LogP contribution in [0.1, 0.15) is 49.6 Å². The van der Waals surface area contributed by atoms with Gasteiger partial charge in [0.25, 0.3) is 0 Å². The van der Waals surface area contributed by atoms with E-state index in [0.29, 0.717) is 33.8 Å². The average molecular weight is 545 g/mol. The van der Waals surface area contributed by atoms with Crippen molar-refractivity contribution in [2.45, 2.75) is 44.6 Å². The molecule has 1 aromatic heterocycles. The highest BCUT2D eigenvalue weighted by atomic mass is 32.1. The third kappa shape index (κ3) is 5.29. The lowest BCUT2D eigenvalue weighted by Crippen LogP contribution is -2.21. The first-order valence-electron chi connectivity index (χ1n) is 12.9. The van der Waals surface area contributed by atoms with Crippen molar-refractivity contribution in [3.05, 3.63) is 95.4 Å². The number of nitrogens with zero attached hydrogens (tertiary/aromatic N) is 1. The monoisotopic (exact) mass is 544 g/mol. The molecule has 39 heavy (non-hydrogen) atoms. The van der Waals surface area contributed by atoms with Crippen molar-refractivity contribution in [1.82, 2.24) is 4.37 Å². The van der Waals surface area contributed by atoms with E-state index in [1.54, 1.807) is 13.0 Å². The number of ether oxygens (including phenoxy) is 2. The molecule has 1 aliphatic rings. The number of aryl methyl sites for hydroxylation is 1. The first kappa shape index (κ1) is 26.6. The quantitative estimate of drug-likeness (QED) is 0.230. The zero-order valence-corrected chi connectivity index (χ0v) is 22.8. The minimum Gasteiger partial charge on any atom is -0.468 e. The number of esters is 1. The van der Waals surface area contributed by atoms with E-state index in [1.807, 2.05) is 67.6 Å². The predicted molar refractivity (Wildman–Crippen MR) is 150 cm³/mol. The summed E-state index contributed by atoms with van der Waals surface area (Å²) >= 11 is 1.14. The van der Waals surface area contributed by atoms with Crippen molar-refractivity contribution in [3.63, 3.8) is 0 Å². The number of nitrogens with one attached hydrogen (secondary N) is 1. The first-order valence-corrected chi connectivity index (χ1v) is 13.6. The van der Waals surface area contributed by atoms with E-state index in [-0.39, 0.29) is 5.97 Å². The highest BCUT2D eigenvalue weighted by Crippen LogP contribution is 2.49. The van der Waals surface area contributed by atoms with E-state index in [0.717, 1.165) is 41.1 Å². The number of carbonyl (C=O) groups is 2. The number of hydrogen-bond donors (Lipinski definition) is 1. The van der Waals surface area contributed by atoms with Gasteiger partial charge in [-0.05, 0) is 72.1 Å². The second kappa shape index (κ2) is 11.0. The number of hydrogen-bond acceptors (Lipinski definition) is 6. The SMILES string of the molecule is CCc1nsc(-c2ccc(-c3ccc(C4(C(=O)OC)CC4)cc3)cc2F)c1NC(=O)O[C@H](C)c1ccccc1. The fraction of sp³-hybridized carbons (Fsp3) is 0.258. The first-order chi connectivity index (χ1) is 18.9. The Morgan fingerprint density at radius 3 is 2.36 bits per heavy atom. The lowest BCUT2D eigenvalue weighted by Gasteiger charge is -2.15. The summed E-state index contributed by atoms with van der Waals surface area (Å²) in [6.07, 6.45) is 1.04. The van der Waals surface area contributed by atoms with Gasteiger partial charge in [-0.3, -0.25) is 10.1 Å². The molecule has 0 aliphatic heterocycles. The van der Waals surface area contributed by atoms with Crippen LogP contribution in [-0.4, -0.2) is 23.5 Å². The van der Waals surface area contributed by atoms with E-state index >= 15 is 4.39 Å². The molecule has 6 nitrogen and oxygen atoms in total. The molecule has 0 spiro atoms. The van der Waals surface area contributed by atoms with Crippen molar-refractivity contribution in [1.29, 1.82) is 0 Å². The Balaban J connectivity index is 1.36. The Kier molecular flexibility index (Phi) is 7.48. The minimum atomic E-state index is -0.625. The van der Waals surface area contributed by atoms with Crippen LogP contribution >= 0.6 is 11.5 Å². The third-order valence-electron chi connectivity index (χ3n) is 7.19. The van der Waals surface area contributed by atoms with Crippen molar-refractivity contribution < 1.29 is 23.5 Å². The number of carbonyl (C=O) groups excluding carboxylic acids is 2. The van der Waals surface area contributed by atoms with E-state index in [2.05, 4.69) is 9.69 Å². The Morgan fingerprint density at radius 1 is 1.05 bits per heavy atom. The molecule has 3 aromatic carbocycles. The highest BCUT2D eigenvalue weighted by Gasteiger charge is 2.52. The molecule has 1 amide bonds. The van der Waals surface area contributed by atoms with Gasteiger partial charge in [0.05, 0.1) is 28.8 Å². The minimum absolute atomic E-state index is 0.218. The smallest absolute Gasteiger partial charge is 0.412 e. The van der Waals surface area contributed by atoms with Gasteiger partial charge in [-0.25, -0.2) is 9.18 Å². The fourth-order valence-electron chi connectivity index (χ4n) is 4.75. The molecule has 1 N–H and O–H groups in total. The van der Waals surface area contributed by atoms with Gasteiger partial charge in [-0.2, -0.15) is 4.37 Å². The Labute approximate surface area is 231 Å². The molecule has 1 atom stereocenters. The molecule has 5 rings (SSSR count). The third-order valence-corrected chi connectivity index (χ3v) is 8.11. The van der Waals surface area contributed by atoms with E-state index in [9.17, 15) is 9.59 Å². The Hall–Kier alpha value is -4.04. The second-order valence-corrected chi connectivity index (χ2v) is 10.4. The lowest BCUT2D eigenvalue weighted by atomic mass is 9.93. The van der Waals surface area contributed by atoms with Crippen molar-refractivity contribution >= 4 is 29.3 Å². The zero-order chi connectivity index (χ0) is 27.6. The zero-order valence-electron chi connectivity index (χ0n) is 22.0. The van der Waals surface area contributed by atoms with Gasteiger partial charge in [0.2, 0.25) is 0 Å². The summed E-state index contributed by atoms with van der Waals surface area (Å²) < 4.78 is 30.5. The van der Waals surface area contributed by atoms with Crippen LogP contribution in [0.3, 0.4) is 0 Å². The van der Waals surface area contributed by atoms with Crippen LogP contribution in [0.4, 0.5) is 14.9 Å². The van der Waals surface area contributed by atoms with Crippen molar-refractivity contribution in [3.8, 4) is 21.6 Å². The van der Waals surface area contributed by atoms with Crippen LogP contribution in [0, 0.1) is 5.82 Å². The van der Waals surface area contributed by atoms with E-state index < -0.39 is 23.4 Å². The van der Waals surface area contributed by atoms with Crippen molar-refractivity contribution in [2.24, 2.45) is 0 Å². The molecule has 1 saturated carbocycles. The van der Waals surface area contributed by atoms with E-state index in [1.165, 1.54) is 13.2 Å². The van der Waals surface area contributed by atoms with Gasteiger partial charge < -0.3 is 9.47 Å². The van der Waals surface area contributed by atoms with Gasteiger partial charge in [0.15, 0.2) is 0 Å². The summed E-state index contributed by atoms with van der Waals surface area (Å²) in [7, 11) is 1.41. The highest BCUT2D eigenvalue weighted by molar-refractivity contribution is 7.10. The number of benzene rings is 3. The number of amides is 1. The van der Waals surface area contributed by atoms with Gasteiger partial charge in [-0.1, -0.05) is 67.6 Å². The molecule has 0 unspecified atom stereocenters. The average Bonchev–Trinajstić information content (AvgIpc) is 3.68.